The summed E-state index contributed by atoms with van der Waals surface area (Å²) in [7, 11) is 0. The molecule has 0 heterocycles. The minimum absolute atomic E-state index is 0.00583. The zero-order valence-electron chi connectivity index (χ0n) is 15.4. The first-order chi connectivity index (χ1) is 13.6. The molecule has 10 heteroatoms. The number of nitrogens with one attached hydrogen (secondary N) is 1. The van der Waals surface area contributed by atoms with Crippen molar-refractivity contribution in [3.63, 3.8) is 0 Å². The molecule has 0 fully saturated rings. The van der Waals surface area contributed by atoms with Gasteiger partial charge in [0.2, 0.25) is 0 Å². The second kappa shape index (κ2) is 9.91. The predicted molar refractivity (Wildman–Crippen MR) is 110 cm³/mol. The number of ether oxygens (including phenoxy) is 1. The maximum absolute atomic E-state index is 12.5. The van der Waals surface area contributed by atoms with Gasteiger partial charge in [-0.3, -0.25) is 14.9 Å². The van der Waals surface area contributed by atoms with Crippen molar-refractivity contribution in [3.05, 3.63) is 72.7 Å². The molecule has 2 aromatic rings. The number of nitro benzene ring substituents is 1. The SMILES string of the molecule is CC(C)[C@H](NC(=O)c1ccc(Cl)c([N+](=O)[O-])c1)C(=O)OCc1c(Cl)cccc1Cl. The van der Waals surface area contributed by atoms with E-state index in [0.29, 0.717) is 15.6 Å². The molecule has 0 radical (unpaired) electrons. The van der Waals surface area contributed by atoms with Crippen LogP contribution >= 0.6 is 34.8 Å². The third-order valence-corrected chi connectivity index (χ3v) is 5.06. The summed E-state index contributed by atoms with van der Waals surface area (Å²) >= 11 is 17.9. The monoisotopic (exact) mass is 458 g/mol. The van der Waals surface area contributed by atoms with E-state index in [9.17, 15) is 19.7 Å². The van der Waals surface area contributed by atoms with Crippen molar-refractivity contribution in [2.75, 3.05) is 0 Å². The quantitative estimate of drug-likeness (QED) is 0.355. The highest BCUT2D eigenvalue weighted by molar-refractivity contribution is 6.36. The van der Waals surface area contributed by atoms with Gasteiger partial charge in [-0.05, 0) is 30.2 Å². The molecule has 2 rings (SSSR count). The number of halogens is 3. The van der Waals surface area contributed by atoms with E-state index < -0.39 is 28.5 Å². The van der Waals surface area contributed by atoms with Crippen molar-refractivity contribution in [1.82, 2.24) is 5.32 Å². The first-order valence-corrected chi connectivity index (χ1v) is 9.59. The maximum atomic E-state index is 12.5. The smallest absolute Gasteiger partial charge is 0.329 e. The number of hydrogen-bond donors (Lipinski definition) is 1. The van der Waals surface area contributed by atoms with Gasteiger partial charge in [0.25, 0.3) is 11.6 Å². The molecule has 7 nitrogen and oxygen atoms in total. The van der Waals surface area contributed by atoms with Gasteiger partial charge >= 0.3 is 5.97 Å². The van der Waals surface area contributed by atoms with Crippen LogP contribution in [0.5, 0.6) is 0 Å². The Kier molecular flexibility index (Phi) is 7.84. The Morgan fingerprint density at radius 2 is 1.72 bits per heavy atom. The van der Waals surface area contributed by atoms with Gasteiger partial charge in [0, 0.05) is 27.2 Å². The summed E-state index contributed by atoms with van der Waals surface area (Å²) in [6.07, 6.45) is 0. The van der Waals surface area contributed by atoms with Crippen LogP contribution in [-0.2, 0) is 16.1 Å². The topological polar surface area (TPSA) is 98.5 Å². The molecule has 0 unspecified atom stereocenters. The van der Waals surface area contributed by atoms with Crippen LogP contribution in [-0.4, -0.2) is 22.8 Å². The maximum Gasteiger partial charge on any atom is 0.329 e. The van der Waals surface area contributed by atoms with Gasteiger partial charge in [-0.2, -0.15) is 0 Å². The summed E-state index contributed by atoms with van der Waals surface area (Å²) in [4.78, 5) is 35.3. The Hall–Kier alpha value is -2.35. The summed E-state index contributed by atoms with van der Waals surface area (Å²) in [6.45, 7) is 3.28. The van der Waals surface area contributed by atoms with Crippen LogP contribution in [0.2, 0.25) is 15.1 Å². The van der Waals surface area contributed by atoms with E-state index in [2.05, 4.69) is 5.32 Å². The van der Waals surface area contributed by atoms with Crippen molar-refractivity contribution in [2.45, 2.75) is 26.5 Å². The van der Waals surface area contributed by atoms with Gasteiger partial charge in [0.15, 0.2) is 0 Å². The number of esters is 1. The Bertz CT molecular complexity index is 929. The van der Waals surface area contributed by atoms with Crippen LogP contribution in [0.4, 0.5) is 5.69 Å². The lowest BCUT2D eigenvalue weighted by Crippen LogP contribution is -2.45. The summed E-state index contributed by atoms with van der Waals surface area (Å²) < 4.78 is 5.28. The average molecular weight is 460 g/mol. The van der Waals surface area contributed by atoms with E-state index in [1.807, 2.05) is 0 Å². The van der Waals surface area contributed by atoms with E-state index in [1.165, 1.54) is 12.1 Å². The van der Waals surface area contributed by atoms with E-state index in [0.717, 1.165) is 6.07 Å². The molecule has 29 heavy (non-hydrogen) atoms. The third-order valence-electron chi connectivity index (χ3n) is 4.03. The van der Waals surface area contributed by atoms with Crippen LogP contribution in [0.25, 0.3) is 0 Å². The second-order valence-electron chi connectivity index (χ2n) is 6.43. The zero-order chi connectivity index (χ0) is 21.7. The van der Waals surface area contributed by atoms with Gasteiger partial charge in [-0.25, -0.2) is 4.79 Å². The highest BCUT2D eigenvalue weighted by Crippen LogP contribution is 2.26. The average Bonchev–Trinajstić information content (AvgIpc) is 2.65. The van der Waals surface area contributed by atoms with Crippen molar-refractivity contribution < 1.29 is 19.2 Å². The van der Waals surface area contributed by atoms with E-state index in [4.69, 9.17) is 39.5 Å². The molecular weight excluding hydrogens is 443 g/mol. The Labute approximate surface area is 182 Å². The second-order valence-corrected chi connectivity index (χ2v) is 7.65. The summed E-state index contributed by atoms with van der Waals surface area (Å²) in [5, 5.41) is 14.1. The molecule has 154 valence electrons. The molecule has 0 saturated carbocycles. The minimum atomic E-state index is -0.988. The van der Waals surface area contributed by atoms with Crippen LogP contribution < -0.4 is 5.32 Å². The number of carbonyl (C=O) groups excluding carboxylic acids is 2. The summed E-state index contributed by atoms with van der Waals surface area (Å²) in [6, 6.07) is 7.53. The van der Waals surface area contributed by atoms with Crippen LogP contribution in [0.1, 0.15) is 29.8 Å². The third kappa shape index (κ3) is 5.82. The van der Waals surface area contributed by atoms with E-state index in [1.54, 1.807) is 32.0 Å². The molecule has 0 aliphatic rings. The molecule has 0 aliphatic carbocycles. The molecular formula is C19H17Cl3N2O5. The van der Waals surface area contributed by atoms with Gasteiger partial charge < -0.3 is 10.1 Å². The molecule has 2 aromatic carbocycles. The number of rotatable bonds is 7. The van der Waals surface area contributed by atoms with Crippen LogP contribution in [0.3, 0.4) is 0 Å². The molecule has 1 N–H and O–H groups in total. The minimum Gasteiger partial charge on any atom is -0.459 e. The van der Waals surface area contributed by atoms with Crippen molar-refractivity contribution in [2.24, 2.45) is 5.92 Å². The van der Waals surface area contributed by atoms with Crippen molar-refractivity contribution in [1.29, 1.82) is 0 Å². The standard InChI is InChI=1S/C19H17Cl3N2O5/c1-10(2)17(19(26)29-9-12-13(20)4-3-5-14(12)21)23-18(25)11-6-7-15(22)16(8-11)24(27)28/h3-8,10,17H,9H2,1-2H3,(H,23,25)/t17-/m0/s1. The molecule has 0 saturated heterocycles. The molecule has 0 aromatic heterocycles. The van der Waals surface area contributed by atoms with Crippen LogP contribution in [0.15, 0.2) is 36.4 Å². The van der Waals surface area contributed by atoms with Crippen molar-refractivity contribution >= 4 is 52.4 Å². The lowest BCUT2D eigenvalue weighted by atomic mass is 10.0. The number of amides is 1. The lowest BCUT2D eigenvalue weighted by molar-refractivity contribution is -0.384. The largest absolute Gasteiger partial charge is 0.459 e. The number of nitrogens with zero attached hydrogens (tertiary/aromatic N) is 1. The molecule has 0 aliphatic heterocycles. The van der Waals surface area contributed by atoms with Gasteiger partial charge in [-0.1, -0.05) is 54.7 Å². The Balaban J connectivity index is 2.13. The Morgan fingerprint density at radius 1 is 1.10 bits per heavy atom. The van der Waals surface area contributed by atoms with Crippen molar-refractivity contribution in [3.8, 4) is 0 Å². The molecule has 0 spiro atoms. The lowest BCUT2D eigenvalue weighted by Gasteiger charge is -2.21. The fraction of sp³-hybridized carbons (Fsp3) is 0.263. The van der Waals surface area contributed by atoms with E-state index in [-0.39, 0.29) is 23.1 Å². The molecule has 0 bridgehead atoms. The number of hydrogen-bond acceptors (Lipinski definition) is 5. The zero-order valence-corrected chi connectivity index (χ0v) is 17.7. The predicted octanol–water partition coefficient (Wildman–Crippen LogP) is 5.05. The Morgan fingerprint density at radius 3 is 2.28 bits per heavy atom. The number of carbonyl (C=O) groups is 2. The normalized spacial score (nSPS) is 11.8. The van der Waals surface area contributed by atoms with Crippen LogP contribution in [0, 0.1) is 16.0 Å². The van der Waals surface area contributed by atoms with Gasteiger partial charge in [0.1, 0.15) is 17.7 Å². The first kappa shape index (κ1) is 22.9. The fourth-order valence-corrected chi connectivity index (χ4v) is 3.11. The molecule has 1 atom stereocenters. The van der Waals surface area contributed by atoms with Gasteiger partial charge in [-0.15, -0.1) is 0 Å². The highest BCUT2D eigenvalue weighted by atomic mass is 35.5. The summed E-state index contributed by atoms with van der Waals surface area (Å²) in [5.41, 5.74) is 0.0383. The number of nitro groups is 1. The summed E-state index contributed by atoms with van der Waals surface area (Å²) in [5.74, 6) is -1.67. The van der Waals surface area contributed by atoms with Gasteiger partial charge in [0.05, 0.1) is 4.92 Å². The highest BCUT2D eigenvalue weighted by Gasteiger charge is 2.27. The van der Waals surface area contributed by atoms with E-state index >= 15 is 0 Å². The first-order valence-electron chi connectivity index (χ1n) is 8.46. The number of benzene rings is 2. The molecule has 1 amide bonds. The fourth-order valence-electron chi connectivity index (χ4n) is 2.42.